The van der Waals surface area contributed by atoms with E-state index in [1.54, 1.807) is 0 Å². The number of para-hydroxylation sites is 1. The second-order valence-electron chi connectivity index (χ2n) is 8.64. The van der Waals surface area contributed by atoms with Crippen molar-refractivity contribution in [3.05, 3.63) is 42.1 Å². The van der Waals surface area contributed by atoms with E-state index in [2.05, 4.69) is 36.2 Å². The maximum atomic E-state index is 11.9. The number of rotatable bonds is 4. The number of benzene rings is 1. The van der Waals surface area contributed by atoms with Crippen molar-refractivity contribution in [2.75, 3.05) is 5.75 Å². The average Bonchev–Trinajstić information content (AvgIpc) is 2.95. The van der Waals surface area contributed by atoms with Crippen LogP contribution < -0.4 is 0 Å². The van der Waals surface area contributed by atoms with Crippen LogP contribution in [0.5, 0.6) is 0 Å². The summed E-state index contributed by atoms with van der Waals surface area (Å²) in [4.78, 5) is 16.4. The Morgan fingerprint density at radius 1 is 1.18 bits per heavy atom. The molecule has 2 bridgehead atoms. The van der Waals surface area contributed by atoms with Gasteiger partial charge in [0.2, 0.25) is 0 Å². The van der Waals surface area contributed by atoms with Gasteiger partial charge >= 0.3 is 0 Å². The molecule has 2 fully saturated rings. The van der Waals surface area contributed by atoms with Crippen LogP contribution in [0.15, 0.2) is 36.4 Å². The molecule has 6 heteroatoms. The maximum absolute atomic E-state index is 11.9. The zero-order chi connectivity index (χ0) is 20.6. The van der Waals surface area contributed by atoms with Gasteiger partial charge in [0.25, 0.3) is 10.1 Å². The molecule has 152 valence electrons. The number of aromatic nitrogens is 1. The van der Waals surface area contributed by atoms with Crippen LogP contribution in [0.4, 0.5) is 0 Å². The molecule has 5 nitrogen and oxygen atoms in total. The SMILES string of the molecule is CC1(C)C2CCC1(CS(=O)(=O)O)C(=O)C2.CCCc1ccc2ccccc2n1. The lowest BCUT2D eigenvalue weighted by atomic mass is 9.70. The molecule has 2 aromatic rings. The molecule has 1 N–H and O–H groups in total. The van der Waals surface area contributed by atoms with E-state index >= 15 is 0 Å². The van der Waals surface area contributed by atoms with Crippen LogP contribution in [0.3, 0.4) is 0 Å². The van der Waals surface area contributed by atoms with E-state index in [0.29, 0.717) is 12.8 Å². The first-order valence-corrected chi connectivity index (χ1v) is 11.5. The van der Waals surface area contributed by atoms with Gasteiger partial charge in [-0.25, -0.2) is 0 Å². The molecule has 1 aromatic carbocycles. The Morgan fingerprint density at radius 2 is 1.89 bits per heavy atom. The number of hydrogen-bond donors (Lipinski definition) is 1. The fourth-order valence-corrected chi connectivity index (χ4v) is 6.22. The Hall–Kier alpha value is -1.79. The third-order valence-electron chi connectivity index (χ3n) is 6.73. The lowest BCUT2D eigenvalue weighted by molar-refractivity contribution is -0.128. The summed E-state index contributed by atoms with van der Waals surface area (Å²) >= 11 is 0. The summed E-state index contributed by atoms with van der Waals surface area (Å²) < 4.78 is 31.0. The smallest absolute Gasteiger partial charge is 0.265 e. The molecule has 2 aliphatic carbocycles. The number of carbonyl (C=O) groups excluding carboxylic acids is 1. The van der Waals surface area contributed by atoms with E-state index in [0.717, 1.165) is 24.8 Å². The normalized spacial score (nSPS) is 25.6. The molecule has 2 saturated carbocycles. The van der Waals surface area contributed by atoms with Crippen molar-refractivity contribution in [3.63, 3.8) is 0 Å². The number of Topliss-reactive ketones (excluding diaryl/α,β-unsaturated/α-hetero) is 1. The monoisotopic (exact) mass is 403 g/mol. The van der Waals surface area contributed by atoms with Gasteiger partial charge in [-0.1, -0.05) is 51.5 Å². The number of fused-ring (bicyclic) bond motifs is 3. The summed E-state index contributed by atoms with van der Waals surface area (Å²) in [7, 11) is -4.08. The van der Waals surface area contributed by atoms with Crippen molar-refractivity contribution >= 4 is 26.8 Å². The van der Waals surface area contributed by atoms with Crippen LogP contribution in [-0.2, 0) is 21.3 Å². The Bertz CT molecular complexity index is 983. The van der Waals surface area contributed by atoms with Crippen molar-refractivity contribution in [3.8, 4) is 0 Å². The molecule has 0 radical (unpaired) electrons. The van der Waals surface area contributed by atoms with Crippen LogP contribution >= 0.6 is 0 Å². The van der Waals surface area contributed by atoms with Crippen LogP contribution in [-0.4, -0.2) is 29.5 Å². The first kappa shape index (κ1) is 20.9. The minimum Gasteiger partial charge on any atom is -0.299 e. The van der Waals surface area contributed by atoms with Gasteiger partial charge in [0.05, 0.1) is 16.7 Å². The number of ketones is 1. The quantitative estimate of drug-likeness (QED) is 0.762. The van der Waals surface area contributed by atoms with Crippen molar-refractivity contribution < 1.29 is 17.8 Å². The first-order chi connectivity index (χ1) is 13.1. The molecule has 0 saturated heterocycles. The van der Waals surface area contributed by atoms with Crippen molar-refractivity contribution in [2.24, 2.45) is 16.7 Å². The summed E-state index contributed by atoms with van der Waals surface area (Å²) in [5.74, 6) is -0.101. The molecule has 2 aliphatic rings. The highest BCUT2D eigenvalue weighted by molar-refractivity contribution is 7.85. The van der Waals surface area contributed by atoms with E-state index in [1.165, 1.54) is 11.1 Å². The number of carbonyl (C=O) groups is 1. The van der Waals surface area contributed by atoms with Gasteiger partial charge in [-0.3, -0.25) is 14.3 Å². The molecular weight excluding hydrogens is 374 g/mol. The summed E-state index contributed by atoms with van der Waals surface area (Å²) in [6.45, 7) is 6.07. The molecule has 4 rings (SSSR count). The van der Waals surface area contributed by atoms with Gasteiger partial charge < -0.3 is 0 Å². The van der Waals surface area contributed by atoms with Crippen LogP contribution in [0.25, 0.3) is 10.9 Å². The third-order valence-corrected chi connectivity index (χ3v) is 7.59. The van der Waals surface area contributed by atoms with Gasteiger partial charge in [-0.15, -0.1) is 0 Å². The lowest BCUT2D eigenvalue weighted by Crippen LogP contribution is -2.42. The van der Waals surface area contributed by atoms with Gasteiger partial charge in [0.15, 0.2) is 0 Å². The fraction of sp³-hybridized carbons (Fsp3) is 0.545. The standard InChI is InChI=1S/C12H13N.C10H16O4S/c1-2-5-11-9-8-10-6-3-4-7-12(10)13-11;1-9(2)7-3-4-10(9,8(11)5-7)6-15(12,13)14/h3-4,6-9H,2,5H2,1H3;7H,3-6H2,1-2H3,(H,12,13,14). The van der Waals surface area contributed by atoms with Gasteiger partial charge in [-0.2, -0.15) is 8.42 Å². The number of hydrogen-bond acceptors (Lipinski definition) is 4. The molecule has 0 aliphatic heterocycles. The molecule has 2 atom stereocenters. The van der Waals surface area contributed by atoms with E-state index in [-0.39, 0.29) is 17.1 Å². The van der Waals surface area contributed by atoms with Crippen LogP contribution in [0.1, 0.15) is 52.1 Å². The van der Waals surface area contributed by atoms with E-state index in [1.807, 2.05) is 26.0 Å². The number of aryl methyl sites for hydroxylation is 1. The Balaban J connectivity index is 0.000000162. The van der Waals surface area contributed by atoms with Crippen molar-refractivity contribution in [1.29, 1.82) is 0 Å². The molecule has 1 heterocycles. The summed E-state index contributed by atoms with van der Waals surface area (Å²) in [5.41, 5.74) is 1.18. The number of nitrogens with zero attached hydrogens (tertiary/aromatic N) is 1. The average molecular weight is 404 g/mol. The summed E-state index contributed by atoms with van der Waals surface area (Å²) in [6.07, 6.45) is 4.20. The highest BCUT2D eigenvalue weighted by Gasteiger charge is 2.65. The zero-order valence-corrected chi connectivity index (χ0v) is 17.6. The molecule has 1 aromatic heterocycles. The molecule has 0 spiro atoms. The Kier molecular flexibility index (Phi) is 5.65. The second-order valence-corrected chi connectivity index (χ2v) is 10.1. The largest absolute Gasteiger partial charge is 0.299 e. The summed E-state index contributed by atoms with van der Waals surface area (Å²) in [6, 6.07) is 12.5. The fourth-order valence-electron chi connectivity index (χ4n) is 4.92. The predicted molar refractivity (Wildman–Crippen MR) is 111 cm³/mol. The van der Waals surface area contributed by atoms with E-state index < -0.39 is 21.3 Å². The molecule has 0 amide bonds. The maximum Gasteiger partial charge on any atom is 0.265 e. The predicted octanol–water partition coefficient (Wildman–Crippen LogP) is 4.46. The Morgan fingerprint density at radius 3 is 2.46 bits per heavy atom. The summed E-state index contributed by atoms with van der Waals surface area (Å²) in [5, 5.41) is 1.22. The highest BCUT2D eigenvalue weighted by atomic mass is 32.2. The molecule has 28 heavy (non-hydrogen) atoms. The number of pyridine rings is 1. The Labute approximate surface area is 167 Å². The lowest BCUT2D eigenvalue weighted by Gasteiger charge is -2.35. The highest BCUT2D eigenvalue weighted by Crippen LogP contribution is 2.64. The van der Waals surface area contributed by atoms with E-state index in [4.69, 9.17) is 4.55 Å². The van der Waals surface area contributed by atoms with Crippen LogP contribution in [0, 0.1) is 16.7 Å². The topological polar surface area (TPSA) is 84.3 Å². The van der Waals surface area contributed by atoms with Crippen molar-refractivity contribution in [2.45, 2.75) is 52.9 Å². The first-order valence-electron chi connectivity index (χ1n) is 9.92. The second kappa shape index (κ2) is 7.56. The van der Waals surface area contributed by atoms with Gasteiger partial charge in [0.1, 0.15) is 5.78 Å². The van der Waals surface area contributed by atoms with Gasteiger partial charge in [0, 0.05) is 17.5 Å². The molecular formula is C22H29NO4S. The van der Waals surface area contributed by atoms with Gasteiger partial charge in [-0.05, 0) is 42.7 Å². The zero-order valence-electron chi connectivity index (χ0n) is 16.8. The third kappa shape index (κ3) is 3.85. The van der Waals surface area contributed by atoms with E-state index in [9.17, 15) is 13.2 Å². The van der Waals surface area contributed by atoms with Crippen molar-refractivity contribution in [1.82, 2.24) is 4.98 Å². The minimum absolute atomic E-state index is 0.0152. The van der Waals surface area contributed by atoms with Crippen LogP contribution in [0.2, 0.25) is 0 Å². The molecule has 2 unspecified atom stereocenters. The minimum atomic E-state index is -4.08.